The number of thiazole rings is 1. The smallest absolute Gasteiger partial charge is 0.186 e. The second kappa shape index (κ2) is 4.75. The van der Waals surface area contributed by atoms with Gasteiger partial charge in [0, 0.05) is 23.6 Å². The number of nitrogens with zero attached hydrogens (tertiary/aromatic N) is 2. The van der Waals surface area contributed by atoms with Crippen LogP contribution < -0.4 is 4.90 Å². The van der Waals surface area contributed by atoms with E-state index in [1.165, 1.54) is 11.3 Å². The van der Waals surface area contributed by atoms with Gasteiger partial charge in [-0.05, 0) is 6.92 Å². The van der Waals surface area contributed by atoms with Crippen molar-refractivity contribution in [3.8, 4) is 0 Å². The maximum atomic E-state index is 10.8. The van der Waals surface area contributed by atoms with Crippen molar-refractivity contribution in [1.82, 2.24) is 4.98 Å². The van der Waals surface area contributed by atoms with Crippen molar-refractivity contribution in [2.24, 2.45) is 0 Å². The summed E-state index contributed by atoms with van der Waals surface area (Å²) in [4.78, 5) is 18.3. The SMILES string of the molecule is Cc1nc(N2CC(C)SC(C)C2)sc1C=O. The van der Waals surface area contributed by atoms with E-state index >= 15 is 0 Å². The number of aldehydes is 1. The summed E-state index contributed by atoms with van der Waals surface area (Å²) in [5.41, 5.74) is 0.855. The molecule has 0 saturated carbocycles. The highest BCUT2D eigenvalue weighted by Crippen LogP contribution is 2.31. The molecule has 88 valence electrons. The van der Waals surface area contributed by atoms with E-state index in [0.717, 1.165) is 35.1 Å². The number of hydrogen-bond acceptors (Lipinski definition) is 5. The molecule has 1 saturated heterocycles. The minimum atomic E-state index is 0.632. The Kier molecular flexibility index (Phi) is 3.54. The minimum absolute atomic E-state index is 0.632. The molecule has 0 radical (unpaired) electrons. The van der Waals surface area contributed by atoms with Crippen molar-refractivity contribution in [2.45, 2.75) is 31.3 Å². The lowest BCUT2D eigenvalue weighted by molar-refractivity contribution is 0.112. The number of rotatable bonds is 2. The lowest BCUT2D eigenvalue weighted by Gasteiger charge is -2.34. The number of aromatic nitrogens is 1. The molecule has 1 aromatic heterocycles. The van der Waals surface area contributed by atoms with E-state index in [1.54, 1.807) is 0 Å². The van der Waals surface area contributed by atoms with Crippen LogP contribution in [0.5, 0.6) is 0 Å². The summed E-state index contributed by atoms with van der Waals surface area (Å²) in [5.74, 6) is 0. The Bertz CT molecular complexity index is 381. The van der Waals surface area contributed by atoms with E-state index in [0.29, 0.717) is 10.5 Å². The lowest BCUT2D eigenvalue weighted by atomic mass is 10.3. The van der Waals surface area contributed by atoms with Crippen molar-refractivity contribution in [3.05, 3.63) is 10.6 Å². The molecule has 2 atom stereocenters. The summed E-state index contributed by atoms with van der Waals surface area (Å²) in [7, 11) is 0. The summed E-state index contributed by atoms with van der Waals surface area (Å²) in [6.07, 6.45) is 0.905. The fourth-order valence-corrected chi connectivity index (χ4v) is 4.20. The van der Waals surface area contributed by atoms with E-state index in [9.17, 15) is 4.79 Å². The number of hydrogen-bond donors (Lipinski definition) is 0. The molecule has 1 aromatic rings. The number of carbonyl (C=O) groups excluding carboxylic acids is 1. The first-order chi connectivity index (χ1) is 7.60. The summed E-state index contributed by atoms with van der Waals surface area (Å²) in [6, 6.07) is 0. The highest BCUT2D eigenvalue weighted by atomic mass is 32.2. The Morgan fingerprint density at radius 1 is 1.38 bits per heavy atom. The van der Waals surface area contributed by atoms with Gasteiger partial charge in [-0.15, -0.1) is 0 Å². The molecule has 2 rings (SSSR count). The predicted molar refractivity (Wildman–Crippen MR) is 71.0 cm³/mol. The van der Waals surface area contributed by atoms with Crippen LogP contribution in [0.2, 0.25) is 0 Å². The number of anilines is 1. The lowest BCUT2D eigenvalue weighted by Crippen LogP contribution is -2.40. The fourth-order valence-electron chi connectivity index (χ4n) is 1.97. The molecule has 0 N–H and O–H groups in total. The predicted octanol–water partition coefficient (Wildman–Crippen LogP) is 2.59. The molecule has 2 unspecified atom stereocenters. The van der Waals surface area contributed by atoms with Gasteiger partial charge < -0.3 is 4.90 Å². The third-order valence-corrected chi connectivity index (χ3v) is 4.99. The molecule has 5 heteroatoms. The van der Waals surface area contributed by atoms with Gasteiger partial charge in [-0.1, -0.05) is 25.2 Å². The molecule has 1 aliphatic heterocycles. The molecule has 0 aromatic carbocycles. The Balaban J connectivity index is 2.19. The fraction of sp³-hybridized carbons (Fsp3) is 0.636. The standard InChI is InChI=1S/C11H16N2OS2/c1-7-4-13(5-8(2)15-7)11-12-9(3)10(6-14)16-11/h6-8H,4-5H2,1-3H3. The van der Waals surface area contributed by atoms with Crippen molar-refractivity contribution >= 4 is 34.5 Å². The topological polar surface area (TPSA) is 33.2 Å². The molecule has 1 fully saturated rings. The second-order valence-corrected chi connectivity index (χ2v) is 7.12. The van der Waals surface area contributed by atoms with Crippen LogP contribution in [0.15, 0.2) is 0 Å². The van der Waals surface area contributed by atoms with Crippen LogP contribution in [0.25, 0.3) is 0 Å². The molecule has 2 heterocycles. The summed E-state index contributed by atoms with van der Waals surface area (Å²) in [5, 5.41) is 2.26. The van der Waals surface area contributed by atoms with Crippen molar-refractivity contribution in [2.75, 3.05) is 18.0 Å². The highest BCUT2D eigenvalue weighted by molar-refractivity contribution is 8.00. The first-order valence-corrected chi connectivity index (χ1v) is 7.19. The van der Waals surface area contributed by atoms with Gasteiger partial charge in [0.25, 0.3) is 0 Å². The molecular weight excluding hydrogens is 240 g/mol. The monoisotopic (exact) mass is 256 g/mol. The summed E-state index contributed by atoms with van der Waals surface area (Å²) in [6.45, 7) is 8.44. The Morgan fingerprint density at radius 2 is 2.00 bits per heavy atom. The van der Waals surface area contributed by atoms with Crippen LogP contribution in [-0.4, -0.2) is 34.9 Å². The quantitative estimate of drug-likeness (QED) is 0.762. The Labute approximate surface area is 104 Å². The van der Waals surface area contributed by atoms with Crippen LogP contribution in [0.3, 0.4) is 0 Å². The zero-order chi connectivity index (χ0) is 11.7. The molecule has 3 nitrogen and oxygen atoms in total. The molecular formula is C11H16N2OS2. The summed E-state index contributed by atoms with van der Waals surface area (Å²) < 4.78 is 0. The Hall–Kier alpha value is -0.550. The molecule has 16 heavy (non-hydrogen) atoms. The first-order valence-electron chi connectivity index (χ1n) is 5.43. The van der Waals surface area contributed by atoms with E-state index in [4.69, 9.17) is 0 Å². The molecule has 0 spiro atoms. The number of carbonyl (C=O) groups is 1. The normalized spacial score (nSPS) is 25.8. The third-order valence-electron chi connectivity index (χ3n) is 2.62. The van der Waals surface area contributed by atoms with E-state index in [1.807, 2.05) is 18.7 Å². The van der Waals surface area contributed by atoms with Crippen LogP contribution in [0.1, 0.15) is 29.2 Å². The average Bonchev–Trinajstić information content (AvgIpc) is 2.58. The molecule has 0 bridgehead atoms. The van der Waals surface area contributed by atoms with Gasteiger partial charge in [-0.25, -0.2) is 4.98 Å². The number of aryl methyl sites for hydroxylation is 1. The largest absolute Gasteiger partial charge is 0.346 e. The van der Waals surface area contributed by atoms with Gasteiger partial charge in [-0.2, -0.15) is 11.8 Å². The van der Waals surface area contributed by atoms with Gasteiger partial charge in [0.1, 0.15) is 0 Å². The zero-order valence-electron chi connectivity index (χ0n) is 9.77. The van der Waals surface area contributed by atoms with Gasteiger partial charge in [-0.3, -0.25) is 4.79 Å². The maximum absolute atomic E-state index is 10.8. The molecule has 0 aliphatic carbocycles. The summed E-state index contributed by atoms with van der Waals surface area (Å²) >= 11 is 3.53. The van der Waals surface area contributed by atoms with Crippen molar-refractivity contribution in [1.29, 1.82) is 0 Å². The molecule has 1 aliphatic rings. The zero-order valence-corrected chi connectivity index (χ0v) is 11.4. The van der Waals surface area contributed by atoms with E-state index < -0.39 is 0 Å². The van der Waals surface area contributed by atoms with Gasteiger partial charge in [0.15, 0.2) is 11.4 Å². The van der Waals surface area contributed by atoms with Crippen LogP contribution >= 0.6 is 23.1 Å². The third kappa shape index (κ3) is 2.40. The number of thioether (sulfide) groups is 1. The Morgan fingerprint density at radius 3 is 2.50 bits per heavy atom. The van der Waals surface area contributed by atoms with Crippen molar-refractivity contribution in [3.63, 3.8) is 0 Å². The van der Waals surface area contributed by atoms with Crippen LogP contribution in [0.4, 0.5) is 5.13 Å². The van der Waals surface area contributed by atoms with Gasteiger partial charge in [0.05, 0.1) is 10.6 Å². The van der Waals surface area contributed by atoms with Crippen LogP contribution in [0, 0.1) is 6.92 Å². The van der Waals surface area contributed by atoms with Crippen LogP contribution in [-0.2, 0) is 0 Å². The first kappa shape index (κ1) is 11.9. The second-order valence-electron chi connectivity index (χ2n) is 4.23. The van der Waals surface area contributed by atoms with E-state index in [-0.39, 0.29) is 0 Å². The maximum Gasteiger partial charge on any atom is 0.186 e. The van der Waals surface area contributed by atoms with E-state index in [2.05, 4.69) is 23.7 Å². The van der Waals surface area contributed by atoms with Gasteiger partial charge >= 0.3 is 0 Å². The molecule has 0 amide bonds. The van der Waals surface area contributed by atoms with Crippen molar-refractivity contribution < 1.29 is 4.79 Å². The average molecular weight is 256 g/mol. The van der Waals surface area contributed by atoms with Gasteiger partial charge in [0.2, 0.25) is 0 Å². The minimum Gasteiger partial charge on any atom is -0.346 e. The highest BCUT2D eigenvalue weighted by Gasteiger charge is 2.24.